The third kappa shape index (κ3) is 77.1. The van der Waals surface area contributed by atoms with Gasteiger partial charge in [-0.05, 0) is 135 Å². The van der Waals surface area contributed by atoms with Crippen LogP contribution in [-0.4, -0.2) is 96.7 Å². The minimum atomic E-state index is -5.00. The van der Waals surface area contributed by atoms with Gasteiger partial charge in [0, 0.05) is 25.7 Å². The fourth-order valence-electron chi connectivity index (χ4n) is 10.6. The lowest BCUT2D eigenvalue weighted by Crippen LogP contribution is -2.30. The maximum absolute atomic E-state index is 13.1. The maximum Gasteiger partial charge on any atom is 0.472 e. The second kappa shape index (κ2) is 78.1. The number of carbonyl (C=O) groups is 4. The third-order valence-corrected chi connectivity index (χ3v) is 18.7. The Kier molecular flexibility index (Phi) is 74.3. The van der Waals surface area contributed by atoms with Crippen LogP contribution in [0.3, 0.4) is 0 Å². The molecule has 0 rings (SSSR count). The molecule has 5 atom stereocenters. The van der Waals surface area contributed by atoms with Gasteiger partial charge in [0.2, 0.25) is 0 Å². The van der Waals surface area contributed by atoms with Crippen LogP contribution in [0, 0.1) is 0 Å². The smallest absolute Gasteiger partial charge is 0.462 e. The van der Waals surface area contributed by atoms with Crippen LogP contribution < -0.4 is 0 Å². The fourth-order valence-corrected chi connectivity index (χ4v) is 12.2. The van der Waals surface area contributed by atoms with Gasteiger partial charge >= 0.3 is 39.5 Å². The molecule has 0 saturated carbocycles. The van der Waals surface area contributed by atoms with Gasteiger partial charge in [-0.25, -0.2) is 9.13 Å². The Hall–Kier alpha value is -5.06. The lowest BCUT2D eigenvalue weighted by molar-refractivity contribution is -0.161. The molecule has 0 aliphatic rings. The van der Waals surface area contributed by atoms with Crippen LogP contribution in [0.4, 0.5) is 0 Å². The summed E-state index contributed by atoms with van der Waals surface area (Å²) in [5.41, 5.74) is 0. The molecule has 0 aliphatic heterocycles. The van der Waals surface area contributed by atoms with Crippen LogP contribution in [-0.2, 0) is 65.4 Å². The van der Waals surface area contributed by atoms with E-state index in [4.69, 9.17) is 37.0 Å². The summed E-state index contributed by atoms with van der Waals surface area (Å²) in [5.74, 6) is -2.31. The number of allylic oxidation sites excluding steroid dienone is 24. The van der Waals surface area contributed by atoms with Gasteiger partial charge in [-0.15, -0.1) is 0 Å². The lowest BCUT2D eigenvalue weighted by Gasteiger charge is -2.21. The van der Waals surface area contributed by atoms with Gasteiger partial charge in [0.15, 0.2) is 12.2 Å². The number of ether oxygens (including phenoxy) is 4. The molecule has 0 aromatic heterocycles. The Bertz CT molecular complexity index is 2580. The van der Waals surface area contributed by atoms with Crippen molar-refractivity contribution >= 4 is 39.5 Å². The normalized spacial score (nSPS) is 14.6. The van der Waals surface area contributed by atoms with Crippen molar-refractivity contribution in [1.29, 1.82) is 0 Å². The Morgan fingerprint density at radius 2 is 0.509 bits per heavy atom. The molecule has 5 unspecified atom stereocenters. The average Bonchev–Trinajstić information content (AvgIpc) is 0.909. The Morgan fingerprint density at radius 3 is 0.830 bits per heavy atom. The summed E-state index contributed by atoms with van der Waals surface area (Å²) in [6.07, 6.45) is 89.7. The number of esters is 4. The highest BCUT2D eigenvalue weighted by molar-refractivity contribution is 7.47. The first-order valence-corrected chi connectivity index (χ1v) is 44.1. The van der Waals surface area contributed by atoms with Gasteiger partial charge in [-0.1, -0.05) is 308 Å². The first-order valence-electron chi connectivity index (χ1n) is 41.1. The molecule has 106 heavy (non-hydrogen) atoms. The zero-order valence-electron chi connectivity index (χ0n) is 66.3. The molecule has 19 heteroatoms. The summed E-state index contributed by atoms with van der Waals surface area (Å²) in [7, 11) is -10.00. The van der Waals surface area contributed by atoms with Gasteiger partial charge in [0.05, 0.1) is 26.4 Å². The third-order valence-electron chi connectivity index (χ3n) is 16.8. The van der Waals surface area contributed by atoms with Crippen molar-refractivity contribution in [3.63, 3.8) is 0 Å². The zero-order valence-corrected chi connectivity index (χ0v) is 68.1. The molecule has 0 spiro atoms. The van der Waals surface area contributed by atoms with Gasteiger partial charge in [-0.3, -0.25) is 37.3 Å². The van der Waals surface area contributed by atoms with Crippen molar-refractivity contribution < 1.29 is 80.2 Å². The van der Waals surface area contributed by atoms with E-state index in [2.05, 4.69) is 155 Å². The number of aliphatic hydroxyl groups is 1. The quantitative estimate of drug-likeness (QED) is 0.0169. The average molecular weight is 1530 g/mol. The van der Waals surface area contributed by atoms with E-state index >= 15 is 0 Å². The largest absolute Gasteiger partial charge is 0.472 e. The number of rotatable bonds is 76. The molecule has 606 valence electrons. The molecule has 3 N–H and O–H groups in total. The standard InChI is InChI=1S/C87H146O17P2/c1-5-9-13-17-21-25-29-33-37-39-40-42-46-48-52-56-60-64-68-72-85(90)98-78-83(104-87(92)74-70-66-62-58-54-50-44-36-32-28-24-20-16-12-8-4)80-102-106(95,96)100-76-81(88)75-99-105(93,94)101-79-82(103-86(91)73-69-65-61-57-53-49-43-35-31-27-23-19-15-11-7-3)77-97-84(89)71-67-63-59-55-51-47-45-41-38-34-30-26-22-18-14-10-6-2/h9-10,13-14,21-22,24-26,28,33-34,36-38,40,42,44-45,47-48,52,60,64,81-83,88H,5-8,11-12,15-20,23,27,29-32,35,39,41,43,46,49-51,53-59,61-63,65-80H2,1-4H3,(H,93,94)(H,95,96)/b13-9-,14-10-,25-21-,26-22-,28-24-,37-33-,38-34-,42-40-,44-36-,47-45-,52-48-,64-60-. The van der Waals surface area contributed by atoms with Gasteiger partial charge in [0.1, 0.15) is 19.3 Å². The summed E-state index contributed by atoms with van der Waals surface area (Å²) in [6.45, 7) is 4.52. The molecule has 0 fully saturated rings. The number of phosphoric acid groups is 2. The Balaban J connectivity index is 5.46. The van der Waals surface area contributed by atoms with Gasteiger partial charge < -0.3 is 33.8 Å². The Morgan fingerprint density at radius 1 is 0.274 bits per heavy atom. The van der Waals surface area contributed by atoms with Gasteiger partial charge in [0.25, 0.3) is 0 Å². The molecular weight excluding hydrogens is 1380 g/mol. The van der Waals surface area contributed by atoms with E-state index in [0.29, 0.717) is 32.1 Å². The second-order valence-electron chi connectivity index (χ2n) is 27.0. The number of unbranched alkanes of at least 4 members (excludes halogenated alkanes) is 26. The van der Waals surface area contributed by atoms with Crippen LogP contribution in [0.2, 0.25) is 0 Å². The van der Waals surface area contributed by atoms with E-state index in [1.54, 1.807) is 0 Å². The number of carbonyl (C=O) groups excluding carboxylic acids is 4. The topological polar surface area (TPSA) is 237 Å². The highest BCUT2D eigenvalue weighted by Crippen LogP contribution is 2.45. The first-order chi connectivity index (χ1) is 51.7. The number of hydrogen-bond donors (Lipinski definition) is 3. The van der Waals surface area contributed by atoms with E-state index in [9.17, 15) is 43.2 Å². The number of hydrogen-bond acceptors (Lipinski definition) is 15. The zero-order chi connectivity index (χ0) is 77.4. The van der Waals surface area contributed by atoms with E-state index < -0.39 is 97.5 Å². The molecule has 0 aliphatic carbocycles. The minimum Gasteiger partial charge on any atom is -0.462 e. The highest BCUT2D eigenvalue weighted by Gasteiger charge is 2.30. The first kappa shape index (κ1) is 101. The molecule has 0 bridgehead atoms. The molecule has 0 aromatic carbocycles. The second-order valence-corrected chi connectivity index (χ2v) is 29.9. The highest BCUT2D eigenvalue weighted by atomic mass is 31.2. The molecule has 0 amide bonds. The summed E-state index contributed by atoms with van der Waals surface area (Å²) < 4.78 is 68.6. The van der Waals surface area contributed by atoms with Crippen molar-refractivity contribution in [3.05, 3.63) is 146 Å². The summed E-state index contributed by atoms with van der Waals surface area (Å²) in [4.78, 5) is 73.1. The van der Waals surface area contributed by atoms with E-state index in [-0.39, 0.29) is 25.7 Å². The van der Waals surface area contributed by atoms with E-state index in [0.717, 1.165) is 154 Å². The molecule has 0 radical (unpaired) electrons. The van der Waals surface area contributed by atoms with Crippen LogP contribution in [0.5, 0.6) is 0 Å². The summed E-state index contributed by atoms with van der Waals surface area (Å²) in [5, 5.41) is 10.7. The predicted molar refractivity (Wildman–Crippen MR) is 436 cm³/mol. The predicted octanol–water partition coefficient (Wildman–Crippen LogP) is 24.2. The number of aliphatic hydroxyl groups excluding tert-OH is 1. The van der Waals surface area contributed by atoms with Crippen LogP contribution >= 0.6 is 15.6 Å². The van der Waals surface area contributed by atoms with Crippen molar-refractivity contribution in [2.24, 2.45) is 0 Å². The van der Waals surface area contributed by atoms with Crippen molar-refractivity contribution in [3.8, 4) is 0 Å². The van der Waals surface area contributed by atoms with E-state index in [1.807, 2.05) is 18.2 Å². The minimum absolute atomic E-state index is 0.0295. The Labute approximate surface area is 643 Å². The summed E-state index contributed by atoms with van der Waals surface area (Å²) in [6, 6.07) is 0. The van der Waals surface area contributed by atoms with Crippen molar-refractivity contribution in [2.45, 2.75) is 341 Å². The maximum atomic E-state index is 13.1. The van der Waals surface area contributed by atoms with Gasteiger partial charge in [-0.2, -0.15) is 0 Å². The molecule has 0 aromatic rings. The molecule has 0 heterocycles. The van der Waals surface area contributed by atoms with Crippen molar-refractivity contribution in [2.75, 3.05) is 39.6 Å². The fraction of sp³-hybridized carbons (Fsp3) is 0.678. The lowest BCUT2D eigenvalue weighted by atomic mass is 10.0. The monoisotopic (exact) mass is 1530 g/mol. The van der Waals surface area contributed by atoms with Crippen LogP contribution in [0.25, 0.3) is 0 Å². The summed E-state index contributed by atoms with van der Waals surface area (Å²) >= 11 is 0. The SMILES string of the molecule is CC/C=C\C/C=C\C/C=C\C/C=C\C/C=C\C/C=C\CCC(=O)OCC(COP(=O)(O)OCC(O)COP(=O)(O)OCC(COC(=O)CCCCCC/C=C\C/C=C\C/C=C\C/C=C\CC)OC(=O)CCCCCCCCCCCCCCCCC)OC(=O)CCCCCCC/C=C\C/C=C\CCCCC. The van der Waals surface area contributed by atoms with Crippen molar-refractivity contribution in [1.82, 2.24) is 0 Å². The van der Waals surface area contributed by atoms with Crippen LogP contribution in [0.15, 0.2) is 146 Å². The van der Waals surface area contributed by atoms with Crippen LogP contribution in [0.1, 0.15) is 323 Å². The molecule has 0 saturated heterocycles. The number of phosphoric ester groups is 2. The molecular formula is C87H146O17P2. The van der Waals surface area contributed by atoms with E-state index in [1.165, 1.54) is 83.5 Å². The molecule has 17 nitrogen and oxygen atoms in total.